The number of rotatable bonds is 2. The maximum atomic E-state index is 10.1. The van der Waals surface area contributed by atoms with Gasteiger partial charge in [0, 0.05) is 17.1 Å². The summed E-state index contributed by atoms with van der Waals surface area (Å²) in [6.45, 7) is 1.72. The summed E-state index contributed by atoms with van der Waals surface area (Å²) in [5, 5.41) is 22.4. The van der Waals surface area contributed by atoms with Crippen molar-refractivity contribution in [3.63, 3.8) is 0 Å². The molecule has 2 unspecified atom stereocenters. The Hall–Kier alpha value is -0.701. The minimum Gasteiger partial charge on any atom is -0.480 e. The summed E-state index contributed by atoms with van der Waals surface area (Å²) in [5.41, 5.74) is 0. The van der Waals surface area contributed by atoms with Gasteiger partial charge in [-0.2, -0.15) is 0 Å². The van der Waals surface area contributed by atoms with Crippen molar-refractivity contribution in [2.24, 2.45) is 0 Å². The van der Waals surface area contributed by atoms with Crippen molar-refractivity contribution in [1.29, 1.82) is 0 Å². The van der Waals surface area contributed by atoms with Crippen LogP contribution in [0.2, 0.25) is 0 Å². The first-order chi connectivity index (χ1) is 7.61. The van der Waals surface area contributed by atoms with Gasteiger partial charge >= 0.3 is 11.9 Å². The van der Waals surface area contributed by atoms with Crippen LogP contribution in [0.5, 0.6) is 0 Å². The Bertz CT molecular complexity index is 228. The molecular formula is C10H22CuN2O6. The molecule has 0 bridgehead atoms. The summed E-state index contributed by atoms with van der Waals surface area (Å²) >= 11 is 0. The van der Waals surface area contributed by atoms with E-state index < -0.39 is 11.9 Å². The van der Waals surface area contributed by atoms with Gasteiger partial charge in [0.15, 0.2) is 0 Å². The molecule has 9 heteroatoms. The molecule has 0 aromatic heterocycles. The predicted molar refractivity (Wildman–Crippen MR) is 64.5 cm³/mol. The maximum absolute atomic E-state index is 10.1. The summed E-state index contributed by atoms with van der Waals surface area (Å²) < 4.78 is 0. The van der Waals surface area contributed by atoms with Crippen molar-refractivity contribution in [1.82, 2.24) is 10.6 Å². The molecule has 2 fully saturated rings. The molecule has 0 aromatic carbocycles. The van der Waals surface area contributed by atoms with E-state index in [9.17, 15) is 9.59 Å². The molecule has 2 saturated heterocycles. The van der Waals surface area contributed by atoms with Gasteiger partial charge in [0.05, 0.1) is 0 Å². The van der Waals surface area contributed by atoms with Gasteiger partial charge in [-0.3, -0.25) is 9.59 Å². The number of hydrogen-bond donors (Lipinski definition) is 4. The molecule has 0 aliphatic carbocycles. The van der Waals surface area contributed by atoms with Crippen molar-refractivity contribution < 1.29 is 47.8 Å². The van der Waals surface area contributed by atoms with Crippen LogP contribution >= 0.6 is 0 Å². The quantitative estimate of drug-likeness (QED) is 0.428. The van der Waals surface area contributed by atoms with Crippen molar-refractivity contribution >= 4 is 11.9 Å². The molecule has 8 N–H and O–H groups in total. The van der Waals surface area contributed by atoms with E-state index in [1.165, 1.54) is 0 Å². The van der Waals surface area contributed by atoms with E-state index in [2.05, 4.69) is 10.6 Å². The van der Waals surface area contributed by atoms with E-state index in [4.69, 9.17) is 10.2 Å². The Morgan fingerprint density at radius 2 is 1.16 bits per heavy atom. The molecule has 2 heterocycles. The number of aliphatic carboxylic acids is 2. The average Bonchev–Trinajstić information content (AvgIpc) is 2.93. The third-order valence-corrected chi connectivity index (χ3v) is 2.72. The van der Waals surface area contributed by atoms with E-state index in [1.807, 2.05) is 0 Å². The SMILES string of the molecule is O.O.O=C(O)C1CCCN1.O=C(O)C1CCCN1.[Cu]. The van der Waals surface area contributed by atoms with E-state index in [1.54, 1.807) is 0 Å². The fourth-order valence-corrected chi connectivity index (χ4v) is 1.79. The molecule has 2 atom stereocenters. The Kier molecular flexibility index (Phi) is 15.2. The third kappa shape index (κ3) is 8.93. The fourth-order valence-electron chi connectivity index (χ4n) is 1.79. The van der Waals surface area contributed by atoms with Crippen LogP contribution in [0, 0.1) is 0 Å². The summed E-state index contributed by atoms with van der Waals surface area (Å²) in [7, 11) is 0. The number of carboxylic acids is 2. The van der Waals surface area contributed by atoms with Gasteiger partial charge in [-0.1, -0.05) is 0 Å². The molecule has 0 aromatic rings. The van der Waals surface area contributed by atoms with Crippen LogP contribution in [0.15, 0.2) is 0 Å². The maximum Gasteiger partial charge on any atom is 0.320 e. The first-order valence-electron chi connectivity index (χ1n) is 5.53. The number of nitrogens with one attached hydrogen (secondary N) is 2. The number of carboxylic acid groups (broad SMARTS) is 2. The zero-order valence-corrected chi connectivity index (χ0v) is 11.4. The predicted octanol–water partition coefficient (Wildman–Crippen LogP) is -2.01. The smallest absolute Gasteiger partial charge is 0.320 e. The van der Waals surface area contributed by atoms with Crippen molar-refractivity contribution in [2.45, 2.75) is 37.8 Å². The van der Waals surface area contributed by atoms with Gasteiger partial charge in [-0.05, 0) is 38.8 Å². The molecule has 2 aliphatic heterocycles. The first-order valence-corrected chi connectivity index (χ1v) is 5.53. The second-order valence-corrected chi connectivity index (χ2v) is 3.97. The average molecular weight is 330 g/mol. The molecule has 8 nitrogen and oxygen atoms in total. The standard InChI is InChI=1S/2C5H9NO2.Cu.2H2O/c2*7-5(8)4-2-1-3-6-4;;;/h2*4,6H,1-3H2,(H,7,8);;2*1H2. The molecule has 0 saturated carbocycles. The van der Waals surface area contributed by atoms with Crippen LogP contribution in [0.3, 0.4) is 0 Å². The van der Waals surface area contributed by atoms with E-state index in [0.29, 0.717) is 0 Å². The van der Waals surface area contributed by atoms with Crippen molar-refractivity contribution in [3.05, 3.63) is 0 Å². The van der Waals surface area contributed by atoms with Crippen LogP contribution in [0.25, 0.3) is 0 Å². The minimum absolute atomic E-state index is 0. The van der Waals surface area contributed by atoms with Gasteiger partial charge < -0.3 is 31.8 Å². The van der Waals surface area contributed by atoms with Crippen molar-refractivity contribution in [2.75, 3.05) is 13.1 Å². The molecule has 2 aliphatic rings. The molecule has 0 spiro atoms. The van der Waals surface area contributed by atoms with Gasteiger partial charge in [0.2, 0.25) is 0 Å². The summed E-state index contributed by atoms with van der Waals surface area (Å²) in [6, 6.07) is -0.537. The molecule has 1 radical (unpaired) electrons. The number of carbonyl (C=O) groups is 2. The van der Waals surface area contributed by atoms with Gasteiger partial charge in [-0.25, -0.2) is 0 Å². The van der Waals surface area contributed by atoms with E-state index >= 15 is 0 Å². The van der Waals surface area contributed by atoms with Crippen LogP contribution in [0.1, 0.15) is 25.7 Å². The Balaban J connectivity index is -0.000000233. The van der Waals surface area contributed by atoms with Gasteiger partial charge in [-0.15, -0.1) is 0 Å². The largest absolute Gasteiger partial charge is 0.480 e. The van der Waals surface area contributed by atoms with Crippen LogP contribution in [-0.2, 0) is 26.7 Å². The zero-order valence-electron chi connectivity index (χ0n) is 10.4. The van der Waals surface area contributed by atoms with Crippen LogP contribution in [0.4, 0.5) is 0 Å². The minimum atomic E-state index is -0.720. The molecule has 0 amide bonds. The molecular weight excluding hydrogens is 308 g/mol. The Labute approximate surface area is 122 Å². The Morgan fingerprint density at radius 3 is 1.26 bits per heavy atom. The summed E-state index contributed by atoms with van der Waals surface area (Å²) in [4.78, 5) is 20.3. The van der Waals surface area contributed by atoms with E-state index in [-0.39, 0.29) is 40.1 Å². The molecule has 119 valence electrons. The topological polar surface area (TPSA) is 162 Å². The molecule has 19 heavy (non-hydrogen) atoms. The molecule has 2 rings (SSSR count). The van der Waals surface area contributed by atoms with Crippen LogP contribution < -0.4 is 10.6 Å². The van der Waals surface area contributed by atoms with Crippen molar-refractivity contribution in [3.8, 4) is 0 Å². The first kappa shape index (κ1) is 23.4. The summed E-state index contributed by atoms with van der Waals surface area (Å²) in [6.07, 6.45) is 3.57. The Morgan fingerprint density at radius 1 is 0.842 bits per heavy atom. The zero-order chi connectivity index (χ0) is 12.0. The summed E-state index contributed by atoms with van der Waals surface area (Å²) in [5.74, 6) is -1.44. The second kappa shape index (κ2) is 12.3. The second-order valence-electron chi connectivity index (χ2n) is 3.97. The third-order valence-electron chi connectivity index (χ3n) is 2.72. The normalized spacial score (nSPS) is 23.8. The number of hydrogen-bond acceptors (Lipinski definition) is 4. The monoisotopic (exact) mass is 329 g/mol. The van der Waals surface area contributed by atoms with Crippen LogP contribution in [-0.4, -0.2) is 58.3 Å². The fraction of sp³-hybridized carbons (Fsp3) is 0.800. The van der Waals surface area contributed by atoms with Gasteiger partial charge in [0.25, 0.3) is 0 Å². The van der Waals surface area contributed by atoms with Gasteiger partial charge in [0.1, 0.15) is 12.1 Å². The van der Waals surface area contributed by atoms with E-state index in [0.717, 1.165) is 38.8 Å².